The van der Waals surface area contributed by atoms with E-state index >= 15 is 0 Å². The number of benzene rings is 4. The van der Waals surface area contributed by atoms with Crippen LogP contribution in [0.3, 0.4) is 0 Å². The summed E-state index contributed by atoms with van der Waals surface area (Å²) in [5.41, 5.74) is 2.34. The number of ether oxygens (including phenoxy) is 1. The van der Waals surface area contributed by atoms with Crippen LogP contribution in [0.15, 0.2) is 122 Å². The van der Waals surface area contributed by atoms with Crippen molar-refractivity contribution in [2.24, 2.45) is 0 Å². The lowest BCUT2D eigenvalue weighted by Crippen LogP contribution is -2.23. The Balaban J connectivity index is 1.77. The summed E-state index contributed by atoms with van der Waals surface area (Å²) in [5.74, 6) is 0.769. The number of fused-ring (bicyclic) bond motifs is 2. The van der Waals surface area contributed by atoms with Gasteiger partial charge in [0.2, 0.25) is 0 Å². The van der Waals surface area contributed by atoms with E-state index in [1.54, 1.807) is 7.11 Å². The van der Waals surface area contributed by atoms with Crippen LogP contribution >= 0.6 is 0 Å². The van der Waals surface area contributed by atoms with Crippen molar-refractivity contribution in [1.82, 2.24) is 0 Å². The van der Waals surface area contributed by atoms with Crippen molar-refractivity contribution in [3.05, 3.63) is 97.1 Å². The molecule has 1 aliphatic rings. The van der Waals surface area contributed by atoms with Crippen molar-refractivity contribution in [2.75, 3.05) is 19.1 Å². The zero-order chi connectivity index (χ0) is 21.4. The zero-order valence-corrected chi connectivity index (χ0v) is 19.0. The SMILES string of the molecule is COc1ccc(S(=O)c2ccccc2)c([S+]2c3ccccc3N(C)c3ccccc32)c1. The van der Waals surface area contributed by atoms with Gasteiger partial charge in [-0.05, 0) is 48.5 Å². The van der Waals surface area contributed by atoms with E-state index in [0.29, 0.717) is 0 Å². The Morgan fingerprint density at radius 3 is 1.94 bits per heavy atom. The van der Waals surface area contributed by atoms with Crippen molar-refractivity contribution in [3.8, 4) is 5.75 Å². The van der Waals surface area contributed by atoms with Gasteiger partial charge in [0.05, 0.1) is 34.2 Å². The van der Waals surface area contributed by atoms with E-state index in [1.807, 2.05) is 42.5 Å². The van der Waals surface area contributed by atoms with Gasteiger partial charge in [-0.25, -0.2) is 4.21 Å². The maximum atomic E-state index is 13.7. The molecule has 154 valence electrons. The van der Waals surface area contributed by atoms with E-state index in [4.69, 9.17) is 4.74 Å². The molecule has 5 heteroatoms. The van der Waals surface area contributed by atoms with Gasteiger partial charge in [0.25, 0.3) is 0 Å². The van der Waals surface area contributed by atoms with Gasteiger partial charge in [-0.1, -0.05) is 42.5 Å². The molecular formula is C26H22NO2S2+. The number of hydrogen-bond donors (Lipinski definition) is 0. The number of nitrogens with zero attached hydrogens (tertiary/aromatic N) is 1. The second kappa shape index (κ2) is 8.25. The maximum absolute atomic E-state index is 13.7. The van der Waals surface area contributed by atoms with E-state index in [1.165, 1.54) is 21.2 Å². The van der Waals surface area contributed by atoms with Crippen molar-refractivity contribution in [2.45, 2.75) is 24.5 Å². The first-order valence-corrected chi connectivity index (χ1v) is 12.4. The molecule has 0 aromatic heterocycles. The van der Waals surface area contributed by atoms with Crippen molar-refractivity contribution >= 4 is 33.1 Å². The maximum Gasteiger partial charge on any atom is 0.190 e. The van der Waals surface area contributed by atoms with Gasteiger partial charge in [0.1, 0.15) is 16.6 Å². The summed E-state index contributed by atoms with van der Waals surface area (Å²) in [6, 6.07) is 32.5. The normalized spacial score (nSPS) is 13.9. The Kier molecular flexibility index (Phi) is 5.30. The lowest BCUT2D eigenvalue weighted by Gasteiger charge is -2.28. The summed E-state index contributed by atoms with van der Waals surface area (Å²) in [7, 11) is 2.07. The third-order valence-corrected chi connectivity index (χ3v) is 9.35. The first kappa shape index (κ1) is 19.9. The predicted molar refractivity (Wildman–Crippen MR) is 127 cm³/mol. The number of rotatable bonds is 4. The first-order chi connectivity index (χ1) is 15.2. The van der Waals surface area contributed by atoms with Crippen LogP contribution < -0.4 is 9.64 Å². The smallest absolute Gasteiger partial charge is 0.190 e. The Morgan fingerprint density at radius 2 is 1.32 bits per heavy atom. The molecule has 1 unspecified atom stereocenters. The Hall–Kier alpha value is -3.02. The Morgan fingerprint density at radius 1 is 0.742 bits per heavy atom. The highest BCUT2D eigenvalue weighted by atomic mass is 32.2. The summed E-state index contributed by atoms with van der Waals surface area (Å²) in [5, 5.41) is 0. The van der Waals surface area contributed by atoms with Crippen molar-refractivity contribution < 1.29 is 8.95 Å². The summed E-state index contributed by atoms with van der Waals surface area (Å²) in [6.45, 7) is 0. The molecule has 0 saturated heterocycles. The highest BCUT2D eigenvalue weighted by Gasteiger charge is 2.42. The lowest BCUT2D eigenvalue weighted by atomic mass is 10.2. The van der Waals surface area contributed by atoms with Crippen LogP contribution in [-0.4, -0.2) is 18.4 Å². The molecule has 1 aliphatic heterocycles. The van der Waals surface area contributed by atoms with Gasteiger partial charge in [-0.2, -0.15) is 0 Å². The minimum absolute atomic E-state index is 0.411. The van der Waals surface area contributed by atoms with Crippen molar-refractivity contribution in [1.29, 1.82) is 0 Å². The van der Waals surface area contributed by atoms with Crippen LogP contribution in [0.2, 0.25) is 0 Å². The molecule has 3 nitrogen and oxygen atoms in total. The van der Waals surface area contributed by atoms with Crippen molar-refractivity contribution in [3.63, 3.8) is 0 Å². The van der Waals surface area contributed by atoms with Gasteiger partial charge in [-0.15, -0.1) is 0 Å². The largest absolute Gasteiger partial charge is 0.497 e. The quantitative estimate of drug-likeness (QED) is 0.360. The summed E-state index contributed by atoms with van der Waals surface area (Å²) in [6.07, 6.45) is 0. The van der Waals surface area contributed by atoms with Gasteiger partial charge < -0.3 is 9.64 Å². The molecule has 4 aromatic rings. The van der Waals surface area contributed by atoms with E-state index in [9.17, 15) is 4.21 Å². The molecule has 31 heavy (non-hydrogen) atoms. The van der Waals surface area contributed by atoms with E-state index in [0.717, 1.165) is 20.4 Å². The van der Waals surface area contributed by atoms with Crippen LogP contribution in [0, 0.1) is 0 Å². The van der Waals surface area contributed by atoms with Gasteiger partial charge in [0, 0.05) is 18.0 Å². The zero-order valence-electron chi connectivity index (χ0n) is 17.3. The monoisotopic (exact) mass is 444 g/mol. The molecule has 0 bridgehead atoms. The van der Waals surface area contributed by atoms with Crippen LogP contribution in [0.1, 0.15) is 0 Å². The minimum atomic E-state index is -1.29. The molecule has 5 rings (SSSR count). The molecule has 0 aliphatic carbocycles. The third kappa shape index (κ3) is 3.44. The summed E-state index contributed by atoms with van der Waals surface area (Å²) >= 11 is 0. The van der Waals surface area contributed by atoms with Crippen LogP contribution in [-0.2, 0) is 21.7 Å². The Labute approximate surface area is 188 Å². The Bertz CT molecular complexity index is 1230. The van der Waals surface area contributed by atoms with E-state index in [2.05, 4.69) is 66.5 Å². The van der Waals surface area contributed by atoms with Crippen LogP contribution in [0.4, 0.5) is 11.4 Å². The average molecular weight is 445 g/mol. The molecule has 0 amide bonds. The number of methoxy groups -OCH3 is 1. The topological polar surface area (TPSA) is 29.5 Å². The van der Waals surface area contributed by atoms with E-state index < -0.39 is 21.7 Å². The molecule has 4 aromatic carbocycles. The number of anilines is 2. The standard InChI is InChI=1S/C26H22NO2S2/c1-27-21-12-6-8-14-23(21)30(24-15-9-7-13-22(24)27)26-18-19(29-2)16-17-25(26)31(28)20-10-4-3-5-11-20/h3-18H,1-2H3/q+1. The molecular weight excluding hydrogens is 422 g/mol. The van der Waals surface area contributed by atoms with Gasteiger partial charge in [0.15, 0.2) is 14.7 Å². The highest BCUT2D eigenvalue weighted by molar-refractivity contribution is 7.98. The predicted octanol–water partition coefficient (Wildman–Crippen LogP) is 6.04. The average Bonchev–Trinajstić information content (AvgIpc) is 2.84. The molecule has 0 fully saturated rings. The third-order valence-electron chi connectivity index (χ3n) is 5.42. The van der Waals surface area contributed by atoms with Gasteiger partial charge in [-0.3, -0.25) is 0 Å². The lowest BCUT2D eigenvalue weighted by molar-refractivity contribution is 0.413. The fraction of sp³-hybridized carbons (Fsp3) is 0.0769. The molecule has 1 atom stereocenters. The molecule has 0 saturated carbocycles. The fourth-order valence-corrected chi connectivity index (χ4v) is 7.94. The van der Waals surface area contributed by atoms with Crippen LogP contribution in [0.5, 0.6) is 5.75 Å². The molecule has 1 heterocycles. The first-order valence-electron chi connectivity index (χ1n) is 10.00. The van der Waals surface area contributed by atoms with Crippen LogP contribution in [0.25, 0.3) is 0 Å². The van der Waals surface area contributed by atoms with Gasteiger partial charge >= 0.3 is 0 Å². The highest BCUT2D eigenvalue weighted by Crippen LogP contribution is 2.49. The second-order valence-corrected chi connectivity index (χ2v) is 10.6. The second-order valence-electron chi connectivity index (χ2n) is 7.20. The fourth-order valence-electron chi connectivity index (χ4n) is 3.90. The minimum Gasteiger partial charge on any atom is -0.497 e. The summed E-state index contributed by atoms with van der Waals surface area (Å²) in [4.78, 5) is 7.35. The summed E-state index contributed by atoms with van der Waals surface area (Å²) < 4.78 is 19.2. The molecule has 0 spiro atoms. The molecule has 0 N–H and O–H groups in total. The molecule has 0 radical (unpaired) electrons. The number of hydrogen-bond acceptors (Lipinski definition) is 3. The van der Waals surface area contributed by atoms with E-state index in [-0.39, 0.29) is 0 Å². The number of para-hydroxylation sites is 2.